The third-order valence-electron chi connectivity index (χ3n) is 3.89. The molecule has 0 atom stereocenters. The number of rotatable bonds is 1. The van der Waals surface area contributed by atoms with Crippen LogP contribution in [-0.2, 0) is 0 Å². The molecule has 0 saturated heterocycles. The zero-order chi connectivity index (χ0) is 14.5. The molecular weight excluding hydrogens is 290 g/mol. The molecule has 104 valence electrons. The van der Waals surface area contributed by atoms with E-state index < -0.39 is 0 Å². The maximum atomic E-state index is 4.72. The van der Waals surface area contributed by atoms with Crippen LogP contribution in [0.5, 0.6) is 0 Å². The van der Waals surface area contributed by atoms with Gasteiger partial charge in [-0.3, -0.25) is 9.38 Å². The molecule has 0 fully saturated rings. The predicted octanol–water partition coefficient (Wildman–Crippen LogP) is 4.76. The van der Waals surface area contributed by atoms with Crippen LogP contribution in [-0.4, -0.2) is 14.4 Å². The summed E-state index contributed by atoms with van der Waals surface area (Å²) < 4.78 is 3.48. The lowest BCUT2D eigenvalue weighted by Crippen LogP contribution is -1.84. The number of pyridine rings is 1. The van der Waals surface area contributed by atoms with Crippen LogP contribution in [0, 0.1) is 0 Å². The number of thiazole rings is 1. The lowest BCUT2D eigenvalue weighted by atomic mass is 10.1. The zero-order valence-electron chi connectivity index (χ0n) is 11.6. The summed E-state index contributed by atoms with van der Waals surface area (Å²) in [5.41, 5.74) is 5.51. The molecule has 0 N–H and O–H groups in total. The van der Waals surface area contributed by atoms with Crippen molar-refractivity contribution in [3.63, 3.8) is 0 Å². The largest absolute Gasteiger partial charge is 0.283 e. The van der Waals surface area contributed by atoms with E-state index in [0.29, 0.717) is 0 Å². The van der Waals surface area contributed by atoms with Gasteiger partial charge in [-0.05, 0) is 36.4 Å². The Morgan fingerprint density at radius 3 is 2.68 bits per heavy atom. The smallest absolute Gasteiger partial charge is 0.195 e. The highest BCUT2D eigenvalue weighted by Crippen LogP contribution is 2.32. The molecular formula is C18H11N3S. The van der Waals surface area contributed by atoms with Gasteiger partial charge in [0.25, 0.3) is 0 Å². The number of para-hydroxylation sites is 2. The van der Waals surface area contributed by atoms with Crippen LogP contribution in [0.1, 0.15) is 0 Å². The maximum absolute atomic E-state index is 4.72. The highest BCUT2D eigenvalue weighted by molar-refractivity contribution is 7.23. The molecule has 0 aliphatic heterocycles. The average Bonchev–Trinajstić information content (AvgIpc) is 3.10. The van der Waals surface area contributed by atoms with Gasteiger partial charge in [0.15, 0.2) is 4.96 Å². The monoisotopic (exact) mass is 301 g/mol. The van der Waals surface area contributed by atoms with E-state index in [1.54, 1.807) is 11.3 Å². The molecule has 0 saturated carbocycles. The minimum Gasteiger partial charge on any atom is -0.283 e. The normalized spacial score (nSPS) is 11.6. The number of hydrogen-bond donors (Lipinski definition) is 0. The molecule has 5 rings (SSSR count). The second-order valence-corrected chi connectivity index (χ2v) is 6.23. The van der Waals surface area contributed by atoms with Crippen LogP contribution in [0.2, 0.25) is 0 Å². The summed E-state index contributed by atoms with van der Waals surface area (Å²) >= 11 is 1.72. The van der Waals surface area contributed by atoms with Gasteiger partial charge in [0.1, 0.15) is 0 Å². The second-order valence-electron chi connectivity index (χ2n) is 5.22. The summed E-state index contributed by atoms with van der Waals surface area (Å²) in [4.78, 5) is 10.2. The van der Waals surface area contributed by atoms with Crippen LogP contribution in [0.25, 0.3) is 37.5 Å². The number of hydrogen-bond acceptors (Lipinski definition) is 3. The van der Waals surface area contributed by atoms with Crippen molar-refractivity contribution < 1.29 is 0 Å². The summed E-state index contributed by atoms with van der Waals surface area (Å²) in [5, 5.41) is 0. The average molecular weight is 301 g/mol. The van der Waals surface area contributed by atoms with Crippen molar-refractivity contribution in [3.8, 4) is 11.3 Å². The van der Waals surface area contributed by atoms with Gasteiger partial charge in [0.2, 0.25) is 0 Å². The predicted molar refractivity (Wildman–Crippen MR) is 91.3 cm³/mol. The Morgan fingerprint density at radius 2 is 1.77 bits per heavy atom. The SMILES string of the molecule is c1ccc(-c2ccc3sc4nc5ccccc5n4c3c2)nc1. The van der Waals surface area contributed by atoms with Gasteiger partial charge in [0, 0.05) is 11.8 Å². The number of benzene rings is 2. The Morgan fingerprint density at radius 1 is 0.864 bits per heavy atom. The van der Waals surface area contributed by atoms with E-state index in [2.05, 4.69) is 45.8 Å². The Balaban J connectivity index is 1.88. The molecule has 3 nitrogen and oxygen atoms in total. The first kappa shape index (κ1) is 11.9. The fraction of sp³-hybridized carbons (Fsp3) is 0. The Bertz CT molecular complexity index is 1120. The topological polar surface area (TPSA) is 30.2 Å². The van der Waals surface area contributed by atoms with Crippen LogP contribution < -0.4 is 0 Å². The summed E-state index contributed by atoms with van der Waals surface area (Å²) in [6.45, 7) is 0. The second kappa shape index (κ2) is 4.39. The lowest BCUT2D eigenvalue weighted by molar-refractivity contribution is 1.32. The van der Waals surface area contributed by atoms with E-state index in [0.717, 1.165) is 27.3 Å². The number of fused-ring (bicyclic) bond motifs is 5. The van der Waals surface area contributed by atoms with Crippen molar-refractivity contribution in [1.82, 2.24) is 14.4 Å². The first-order chi connectivity index (χ1) is 10.9. The third-order valence-corrected chi connectivity index (χ3v) is 4.91. The standard InChI is InChI=1S/C18H11N3S/c1-2-7-15-14(6-1)20-18-21(15)16-11-12(8-9-17(16)22-18)13-5-3-4-10-19-13/h1-11H. The van der Waals surface area contributed by atoms with Gasteiger partial charge in [-0.15, -0.1) is 0 Å². The van der Waals surface area contributed by atoms with Crippen molar-refractivity contribution in [3.05, 3.63) is 66.9 Å². The number of nitrogens with zero attached hydrogens (tertiary/aromatic N) is 3. The summed E-state index contributed by atoms with van der Waals surface area (Å²) in [5.74, 6) is 0. The van der Waals surface area contributed by atoms with E-state index in [4.69, 9.17) is 4.98 Å². The quantitative estimate of drug-likeness (QED) is 0.446. The van der Waals surface area contributed by atoms with Gasteiger partial charge in [-0.25, -0.2) is 4.98 Å². The van der Waals surface area contributed by atoms with Gasteiger partial charge in [-0.1, -0.05) is 35.6 Å². The van der Waals surface area contributed by atoms with E-state index >= 15 is 0 Å². The highest BCUT2D eigenvalue weighted by atomic mass is 32.1. The van der Waals surface area contributed by atoms with Gasteiger partial charge in [0.05, 0.1) is 26.9 Å². The first-order valence-corrected chi connectivity index (χ1v) is 7.93. The molecule has 0 aliphatic carbocycles. The molecule has 0 aliphatic rings. The molecule has 0 radical (unpaired) electrons. The summed E-state index contributed by atoms with van der Waals surface area (Å²) in [7, 11) is 0. The van der Waals surface area contributed by atoms with E-state index in [1.807, 2.05) is 30.5 Å². The fourth-order valence-corrected chi connectivity index (χ4v) is 3.89. The highest BCUT2D eigenvalue weighted by Gasteiger charge is 2.11. The zero-order valence-corrected chi connectivity index (χ0v) is 12.4. The fourth-order valence-electron chi connectivity index (χ4n) is 2.87. The minimum atomic E-state index is 0.994. The molecule has 4 heteroatoms. The van der Waals surface area contributed by atoms with Gasteiger partial charge < -0.3 is 0 Å². The molecule has 0 unspecified atom stereocenters. The Labute approximate surface area is 130 Å². The molecule has 3 heterocycles. The summed E-state index contributed by atoms with van der Waals surface area (Å²) in [6, 6.07) is 20.8. The summed E-state index contributed by atoms with van der Waals surface area (Å²) in [6.07, 6.45) is 1.83. The van der Waals surface area contributed by atoms with Crippen molar-refractivity contribution in [2.45, 2.75) is 0 Å². The van der Waals surface area contributed by atoms with Crippen molar-refractivity contribution in [2.75, 3.05) is 0 Å². The molecule has 3 aromatic heterocycles. The van der Waals surface area contributed by atoms with Crippen LogP contribution in [0.4, 0.5) is 0 Å². The maximum Gasteiger partial charge on any atom is 0.195 e. The number of imidazole rings is 1. The van der Waals surface area contributed by atoms with E-state index in [1.165, 1.54) is 10.2 Å². The van der Waals surface area contributed by atoms with Crippen LogP contribution >= 0.6 is 11.3 Å². The minimum absolute atomic E-state index is 0.994. The molecule has 0 bridgehead atoms. The van der Waals surface area contributed by atoms with Crippen LogP contribution in [0.3, 0.4) is 0 Å². The Hall–Kier alpha value is -2.72. The van der Waals surface area contributed by atoms with Gasteiger partial charge >= 0.3 is 0 Å². The number of aromatic nitrogens is 3. The van der Waals surface area contributed by atoms with Gasteiger partial charge in [-0.2, -0.15) is 0 Å². The Kier molecular flexibility index (Phi) is 2.37. The van der Waals surface area contributed by atoms with Crippen molar-refractivity contribution in [1.29, 1.82) is 0 Å². The molecule has 0 spiro atoms. The van der Waals surface area contributed by atoms with Crippen LogP contribution in [0.15, 0.2) is 66.9 Å². The molecule has 22 heavy (non-hydrogen) atoms. The molecule has 5 aromatic rings. The lowest BCUT2D eigenvalue weighted by Gasteiger charge is -2.01. The van der Waals surface area contributed by atoms with E-state index in [9.17, 15) is 0 Å². The third kappa shape index (κ3) is 1.61. The molecule has 2 aromatic carbocycles. The van der Waals surface area contributed by atoms with Crippen molar-refractivity contribution >= 4 is 37.5 Å². The van der Waals surface area contributed by atoms with Crippen molar-refractivity contribution in [2.24, 2.45) is 0 Å². The first-order valence-electron chi connectivity index (χ1n) is 7.11. The van der Waals surface area contributed by atoms with E-state index in [-0.39, 0.29) is 0 Å². The molecule has 0 amide bonds.